The van der Waals surface area contributed by atoms with Crippen molar-refractivity contribution in [2.45, 2.75) is 45.1 Å². The second-order valence-corrected chi connectivity index (χ2v) is 7.51. The molecule has 3 rings (SSSR count). The Kier molecular flexibility index (Phi) is 5.93. The normalized spacial score (nSPS) is 19.0. The molecular weight excluding hydrogens is 352 g/mol. The summed E-state index contributed by atoms with van der Waals surface area (Å²) in [6.45, 7) is 3.59. The number of benzene rings is 2. The molecule has 1 aliphatic rings. The van der Waals surface area contributed by atoms with Crippen LogP contribution in [-0.4, -0.2) is 34.7 Å². The molecule has 1 fully saturated rings. The largest absolute Gasteiger partial charge is 0.325 e. The van der Waals surface area contributed by atoms with Crippen LogP contribution in [0.1, 0.15) is 48.2 Å². The third-order valence-electron chi connectivity index (χ3n) is 5.22. The molecular formula is C23H26N2O3. The standard InChI is InChI=1S/C23H26N2O3/c1-3-7-17-10-12-19(13-11-17)20(26)16-25-21(27)23(2,24-22(25)28)15-14-18-8-5-4-6-9-18/h4-6,8-13H,3,7,14-16H2,1-2H3,(H,24,28)/t23-/m0/s1. The molecule has 1 N–H and O–H groups in total. The monoisotopic (exact) mass is 378 g/mol. The number of rotatable bonds is 8. The van der Waals surface area contributed by atoms with Crippen LogP contribution in [0, 0.1) is 0 Å². The summed E-state index contributed by atoms with van der Waals surface area (Å²) in [4.78, 5) is 38.8. The van der Waals surface area contributed by atoms with Crippen LogP contribution in [0.4, 0.5) is 4.79 Å². The van der Waals surface area contributed by atoms with E-state index in [1.807, 2.05) is 42.5 Å². The zero-order valence-electron chi connectivity index (χ0n) is 16.4. The van der Waals surface area contributed by atoms with Gasteiger partial charge >= 0.3 is 6.03 Å². The maximum Gasteiger partial charge on any atom is 0.325 e. The highest BCUT2D eigenvalue weighted by Crippen LogP contribution is 2.23. The average Bonchev–Trinajstić information content (AvgIpc) is 2.91. The van der Waals surface area contributed by atoms with Crippen LogP contribution in [-0.2, 0) is 17.6 Å². The Hall–Kier alpha value is -2.95. The van der Waals surface area contributed by atoms with Crippen LogP contribution in [0.3, 0.4) is 0 Å². The first-order chi connectivity index (χ1) is 13.4. The molecule has 146 valence electrons. The van der Waals surface area contributed by atoms with E-state index in [0.717, 1.165) is 23.3 Å². The van der Waals surface area contributed by atoms with Crippen molar-refractivity contribution in [1.82, 2.24) is 10.2 Å². The Bertz CT molecular complexity index is 861. The summed E-state index contributed by atoms with van der Waals surface area (Å²) in [5, 5.41) is 2.77. The number of Topliss-reactive ketones (excluding diaryl/α,β-unsaturated/α-hetero) is 1. The second kappa shape index (κ2) is 8.38. The number of nitrogens with zero attached hydrogens (tertiary/aromatic N) is 1. The Morgan fingerprint density at radius 2 is 1.61 bits per heavy atom. The molecule has 1 atom stereocenters. The lowest BCUT2D eigenvalue weighted by atomic mass is 9.93. The van der Waals surface area contributed by atoms with Gasteiger partial charge in [-0.3, -0.25) is 14.5 Å². The van der Waals surface area contributed by atoms with Gasteiger partial charge in [0.05, 0.1) is 6.54 Å². The van der Waals surface area contributed by atoms with Gasteiger partial charge in [0.2, 0.25) is 0 Å². The average molecular weight is 378 g/mol. The van der Waals surface area contributed by atoms with Crippen molar-refractivity contribution in [3.8, 4) is 0 Å². The molecule has 5 heteroatoms. The number of carbonyl (C=O) groups excluding carboxylic acids is 3. The van der Waals surface area contributed by atoms with Crippen molar-refractivity contribution in [3.05, 3.63) is 71.3 Å². The zero-order valence-corrected chi connectivity index (χ0v) is 16.4. The summed E-state index contributed by atoms with van der Waals surface area (Å²) in [7, 11) is 0. The van der Waals surface area contributed by atoms with Crippen molar-refractivity contribution >= 4 is 17.7 Å². The topological polar surface area (TPSA) is 66.5 Å². The van der Waals surface area contributed by atoms with E-state index in [-0.39, 0.29) is 18.2 Å². The molecule has 0 unspecified atom stereocenters. The molecule has 1 saturated heterocycles. The summed E-state index contributed by atoms with van der Waals surface area (Å²) in [6, 6.07) is 16.7. The van der Waals surface area contributed by atoms with Crippen molar-refractivity contribution < 1.29 is 14.4 Å². The molecule has 28 heavy (non-hydrogen) atoms. The van der Waals surface area contributed by atoms with E-state index in [2.05, 4.69) is 12.2 Å². The number of ketones is 1. The molecule has 1 heterocycles. The SMILES string of the molecule is CCCc1ccc(C(=O)CN2C(=O)N[C@@](C)(CCc3ccccc3)C2=O)cc1. The van der Waals surface area contributed by atoms with Crippen LogP contribution < -0.4 is 5.32 Å². The van der Waals surface area contributed by atoms with Crippen molar-refractivity contribution in [1.29, 1.82) is 0 Å². The van der Waals surface area contributed by atoms with Gasteiger partial charge in [-0.2, -0.15) is 0 Å². The van der Waals surface area contributed by atoms with Crippen molar-refractivity contribution in [3.63, 3.8) is 0 Å². The molecule has 1 aliphatic heterocycles. The number of imide groups is 1. The van der Waals surface area contributed by atoms with E-state index >= 15 is 0 Å². The molecule has 0 spiro atoms. The summed E-state index contributed by atoms with van der Waals surface area (Å²) in [6.07, 6.45) is 3.15. The highest BCUT2D eigenvalue weighted by molar-refractivity contribution is 6.11. The van der Waals surface area contributed by atoms with Gasteiger partial charge in [0.1, 0.15) is 5.54 Å². The van der Waals surface area contributed by atoms with Gasteiger partial charge in [-0.25, -0.2) is 4.79 Å². The van der Waals surface area contributed by atoms with Gasteiger partial charge < -0.3 is 5.32 Å². The molecule has 0 bridgehead atoms. The third-order valence-corrected chi connectivity index (χ3v) is 5.22. The lowest BCUT2D eigenvalue weighted by Gasteiger charge is -2.21. The first-order valence-electron chi connectivity index (χ1n) is 9.73. The highest BCUT2D eigenvalue weighted by Gasteiger charge is 2.47. The molecule has 3 amide bonds. The molecule has 0 saturated carbocycles. The maximum absolute atomic E-state index is 12.9. The van der Waals surface area contributed by atoms with E-state index in [1.165, 1.54) is 5.56 Å². The summed E-state index contributed by atoms with van der Waals surface area (Å²) in [5.74, 6) is -0.580. The molecule has 0 radical (unpaired) electrons. The van der Waals surface area contributed by atoms with E-state index < -0.39 is 11.6 Å². The van der Waals surface area contributed by atoms with Gasteiger partial charge in [-0.05, 0) is 37.3 Å². The molecule has 0 aromatic heterocycles. The quantitative estimate of drug-likeness (QED) is 0.562. The van der Waals surface area contributed by atoms with E-state index in [4.69, 9.17) is 0 Å². The first kappa shape index (κ1) is 19.8. The van der Waals surface area contributed by atoms with Crippen LogP contribution in [0.25, 0.3) is 0 Å². The zero-order chi connectivity index (χ0) is 20.1. The van der Waals surface area contributed by atoms with Crippen LogP contribution >= 0.6 is 0 Å². The lowest BCUT2D eigenvalue weighted by molar-refractivity contribution is -0.130. The van der Waals surface area contributed by atoms with Gasteiger partial charge in [0, 0.05) is 5.56 Å². The fourth-order valence-corrected chi connectivity index (χ4v) is 3.48. The summed E-state index contributed by atoms with van der Waals surface area (Å²) < 4.78 is 0. The summed E-state index contributed by atoms with van der Waals surface area (Å²) >= 11 is 0. The second-order valence-electron chi connectivity index (χ2n) is 7.51. The lowest BCUT2D eigenvalue weighted by Crippen LogP contribution is -2.44. The molecule has 2 aromatic carbocycles. The molecule has 5 nitrogen and oxygen atoms in total. The number of amides is 3. The van der Waals surface area contributed by atoms with Crippen molar-refractivity contribution in [2.75, 3.05) is 6.54 Å². The number of carbonyl (C=O) groups is 3. The fourth-order valence-electron chi connectivity index (χ4n) is 3.48. The molecule has 2 aromatic rings. The number of nitrogens with one attached hydrogen (secondary N) is 1. The molecule has 0 aliphatic carbocycles. The Morgan fingerprint density at radius 1 is 0.964 bits per heavy atom. The van der Waals surface area contributed by atoms with Gasteiger partial charge in [0.15, 0.2) is 5.78 Å². The minimum atomic E-state index is -0.988. The van der Waals surface area contributed by atoms with Gasteiger partial charge in [-0.15, -0.1) is 0 Å². The van der Waals surface area contributed by atoms with E-state index in [1.54, 1.807) is 19.1 Å². The highest BCUT2D eigenvalue weighted by atomic mass is 16.2. The number of aryl methyl sites for hydroxylation is 2. The fraction of sp³-hybridized carbons (Fsp3) is 0.348. The number of hydrogen-bond donors (Lipinski definition) is 1. The van der Waals surface area contributed by atoms with E-state index in [0.29, 0.717) is 18.4 Å². The van der Waals surface area contributed by atoms with E-state index in [9.17, 15) is 14.4 Å². The third kappa shape index (κ3) is 4.30. The minimum Gasteiger partial charge on any atom is -0.323 e. The van der Waals surface area contributed by atoms with Crippen LogP contribution in [0.15, 0.2) is 54.6 Å². The minimum absolute atomic E-state index is 0.237. The first-order valence-corrected chi connectivity index (χ1v) is 9.73. The van der Waals surface area contributed by atoms with Crippen LogP contribution in [0.2, 0.25) is 0 Å². The maximum atomic E-state index is 12.9. The number of hydrogen-bond acceptors (Lipinski definition) is 3. The van der Waals surface area contributed by atoms with Crippen molar-refractivity contribution in [2.24, 2.45) is 0 Å². The predicted molar refractivity (Wildman–Crippen MR) is 108 cm³/mol. The van der Waals surface area contributed by atoms with Gasteiger partial charge in [0.25, 0.3) is 5.91 Å². The van der Waals surface area contributed by atoms with Gasteiger partial charge in [-0.1, -0.05) is 67.9 Å². The van der Waals surface area contributed by atoms with Crippen LogP contribution in [0.5, 0.6) is 0 Å². The Balaban J connectivity index is 1.64. The predicted octanol–water partition coefficient (Wildman–Crippen LogP) is 3.77. The summed E-state index contributed by atoms with van der Waals surface area (Å²) in [5.41, 5.74) is 1.80. The Labute approximate surface area is 165 Å². The number of urea groups is 1. The Morgan fingerprint density at radius 3 is 2.25 bits per heavy atom. The smallest absolute Gasteiger partial charge is 0.323 e.